The molecule has 30 heavy (non-hydrogen) atoms. The molecule has 1 unspecified atom stereocenters. The van der Waals surface area contributed by atoms with Crippen molar-refractivity contribution >= 4 is 0 Å². The van der Waals surface area contributed by atoms with E-state index in [9.17, 15) is 5.11 Å². The number of aliphatic hydroxyl groups excluding tert-OH is 1. The van der Waals surface area contributed by atoms with Gasteiger partial charge in [0.2, 0.25) is 0 Å². The molecule has 6 nitrogen and oxygen atoms in total. The van der Waals surface area contributed by atoms with E-state index in [2.05, 4.69) is 57.4 Å². The molecule has 1 aliphatic rings. The summed E-state index contributed by atoms with van der Waals surface area (Å²) in [5.41, 5.74) is 4.98. The Morgan fingerprint density at radius 1 is 1.10 bits per heavy atom. The summed E-state index contributed by atoms with van der Waals surface area (Å²) in [4.78, 5) is 4.51. The lowest BCUT2D eigenvalue weighted by molar-refractivity contribution is 0.0632. The van der Waals surface area contributed by atoms with Crippen molar-refractivity contribution in [3.05, 3.63) is 83.2 Å². The number of ether oxygens (including phenoxy) is 1. The van der Waals surface area contributed by atoms with Crippen LogP contribution in [0, 0.1) is 0 Å². The zero-order chi connectivity index (χ0) is 20.8. The molecule has 0 amide bonds. The van der Waals surface area contributed by atoms with Crippen LogP contribution in [-0.2, 0) is 26.1 Å². The first-order valence-corrected chi connectivity index (χ1v) is 10.5. The van der Waals surface area contributed by atoms with Gasteiger partial charge < -0.3 is 9.84 Å². The molecule has 0 saturated carbocycles. The molecule has 158 valence electrons. The average molecular weight is 407 g/mol. The van der Waals surface area contributed by atoms with Gasteiger partial charge in [0.1, 0.15) is 18.5 Å². The van der Waals surface area contributed by atoms with Crippen molar-refractivity contribution < 1.29 is 9.84 Å². The fourth-order valence-electron chi connectivity index (χ4n) is 4.03. The fourth-order valence-corrected chi connectivity index (χ4v) is 4.03. The first-order chi connectivity index (χ1) is 14.7. The Labute approximate surface area is 178 Å². The van der Waals surface area contributed by atoms with Crippen molar-refractivity contribution in [1.29, 1.82) is 0 Å². The van der Waals surface area contributed by atoms with Crippen LogP contribution < -0.4 is 4.74 Å². The van der Waals surface area contributed by atoms with Gasteiger partial charge in [0.25, 0.3) is 0 Å². The second-order valence-corrected chi connectivity index (χ2v) is 8.08. The number of aromatic amines is 1. The number of para-hydroxylation sites is 1. The molecule has 0 spiro atoms. The molecule has 1 aliphatic heterocycles. The van der Waals surface area contributed by atoms with Gasteiger partial charge in [-0.3, -0.25) is 14.9 Å². The van der Waals surface area contributed by atoms with Gasteiger partial charge in [-0.25, -0.2) is 0 Å². The highest BCUT2D eigenvalue weighted by Gasteiger charge is 2.19. The van der Waals surface area contributed by atoms with Gasteiger partial charge in [-0.15, -0.1) is 0 Å². The number of hydrogen-bond donors (Lipinski definition) is 2. The van der Waals surface area contributed by atoms with Crippen LogP contribution in [0.15, 0.2) is 60.8 Å². The van der Waals surface area contributed by atoms with E-state index in [4.69, 9.17) is 4.74 Å². The summed E-state index contributed by atoms with van der Waals surface area (Å²) in [7, 11) is 2.07. The second-order valence-electron chi connectivity index (χ2n) is 8.08. The molecule has 0 saturated heterocycles. The molecule has 1 atom stereocenters. The van der Waals surface area contributed by atoms with E-state index in [1.807, 2.05) is 24.3 Å². The molecule has 0 fully saturated rings. The SMILES string of the molecule is CN(Cc1ccn[nH]1)Cc1ccccc1OCC(O)CN1CCc2ccccc2C1. The van der Waals surface area contributed by atoms with E-state index < -0.39 is 6.10 Å². The number of aromatic nitrogens is 2. The first-order valence-electron chi connectivity index (χ1n) is 10.5. The Kier molecular flexibility index (Phi) is 6.79. The monoisotopic (exact) mass is 406 g/mol. The van der Waals surface area contributed by atoms with E-state index in [0.29, 0.717) is 13.2 Å². The molecule has 2 aromatic carbocycles. The normalized spacial score (nSPS) is 15.2. The van der Waals surface area contributed by atoms with Crippen molar-refractivity contribution in [2.24, 2.45) is 0 Å². The molecule has 3 aromatic rings. The highest BCUT2D eigenvalue weighted by Crippen LogP contribution is 2.21. The standard InChI is InChI=1S/C24H30N4O2/c1-27(16-22-10-12-25-26-22)14-21-8-4-5-9-24(21)30-18-23(29)17-28-13-11-19-6-2-3-7-20(19)15-28/h2-10,12,23,29H,11,13-18H2,1H3,(H,25,26). The lowest BCUT2D eigenvalue weighted by Gasteiger charge is -2.30. The Morgan fingerprint density at radius 2 is 1.90 bits per heavy atom. The van der Waals surface area contributed by atoms with Crippen molar-refractivity contribution in [3.8, 4) is 5.75 Å². The van der Waals surface area contributed by atoms with Crippen LogP contribution in [0.25, 0.3) is 0 Å². The number of hydrogen-bond acceptors (Lipinski definition) is 5. The predicted molar refractivity (Wildman–Crippen MR) is 117 cm³/mol. The maximum atomic E-state index is 10.6. The van der Waals surface area contributed by atoms with Gasteiger partial charge in [0.05, 0.1) is 0 Å². The fraction of sp³-hybridized carbons (Fsp3) is 0.375. The van der Waals surface area contributed by atoms with Crippen LogP contribution in [-0.4, -0.2) is 58.0 Å². The number of nitrogens with zero attached hydrogens (tertiary/aromatic N) is 3. The van der Waals surface area contributed by atoms with Gasteiger partial charge in [0, 0.05) is 50.2 Å². The molecular formula is C24H30N4O2. The summed E-state index contributed by atoms with van der Waals surface area (Å²) in [5.74, 6) is 0.831. The van der Waals surface area contributed by atoms with Gasteiger partial charge in [-0.05, 0) is 36.7 Å². The zero-order valence-corrected chi connectivity index (χ0v) is 17.5. The molecule has 1 aromatic heterocycles. The minimum absolute atomic E-state index is 0.291. The third-order valence-electron chi connectivity index (χ3n) is 5.52. The van der Waals surface area contributed by atoms with E-state index in [0.717, 1.165) is 49.6 Å². The van der Waals surface area contributed by atoms with Crippen molar-refractivity contribution in [3.63, 3.8) is 0 Å². The van der Waals surface area contributed by atoms with Crippen LogP contribution in [0.4, 0.5) is 0 Å². The Hall–Kier alpha value is -2.67. The van der Waals surface area contributed by atoms with E-state index in [1.54, 1.807) is 6.20 Å². The van der Waals surface area contributed by atoms with Crippen LogP contribution >= 0.6 is 0 Å². The number of nitrogens with one attached hydrogen (secondary N) is 1. The highest BCUT2D eigenvalue weighted by atomic mass is 16.5. The van der Waals surface area contributed by atoms with E-state index in [1.165, 1.54) is 11.1 Å². The van der Waals surface area contributed by atoms with Crippen molar-refractivity contribution in [1.82, 2.24) is 20.0 Å². The molecule has 0 radical (unpaired) electrons. The summed E-state index contributed by atoms with van der Waals surface area (Å²) in [6.45, 7) is 4.32. The van der Waals surface area contributed by atoms with Gasteiger partial charge in [-0.1, -0.05) is 42.5 Å². The van der Waals surface area contributed by atoms with Crippen LogP contribution in [0.3, 0.4) is 0 Å². The number of rotatable bonds is 9. The Morgan fingerprint density at radius 3 is 2.73 bits per heavy atom. The quantitative estimate of drug-likeness (QED) is 0.572. The van der Waals surface area contributed by atoms with Crippen molar-refractivity contribution in [2.75, 3.05) is 26.7 Å². The molecule has 6 heteroatoms. The summed E-state index contributed by atoms with van der Waals surface area (Å²) >= 11 is 0. The number of H-pyrrole nitrogens is 1. The summed E-state index contributed by atoms with van der Waals surface area (Å²) in [5, 5.41) is 17.6. The van der Waals surface area contributed by atoms with E-state index >= 15 is 0 Å². The summed E-state index contributed by atoms with van der Waals surface area (Å²) < 4.78 is 6.02. The number of aliphatic hydroxyl groups is 1. The minimum atomic E-state index is -0.522. The molecule has 4 rings (SSSR count). The second kappa shape index (κ2) is 9.89. The van der Waals surface area contributed by atoms with Gasteiger partial charge in [-0.2, -0.15) is 5.10 Å². The van der Waals surface area contributed by atoms with E-state index in [-0.39, 0.29) is 0 Å². The molecule has 0 bridgehead atoms. The maximum Gasteiger partial charge on any atom is 0.123 e. The number of β-amino-alcohol motifs (C(OH)–C–C–N with tert-alkyl or cyclic N) is 1. The lowest BCUT2D eigenvalue weighted by Crippen LogP contribution is -2.38. The third kappa shape index (κ3) is 5.48. The summed E-state index contributed by atoms with van der Waals surface area (Å²) in [6.07, 6.45) is 2.28. The summed E-state index contributed by atoms with van der Waals surface area (Å²) in [6, 6.07) is 18.6. The largest absolute Gasteiger partial charge is 0.491 e. The van der Waals surface area contributed by atoms with Gasteiger partial charge >= 0.3 is 0 Å². The molecule has 2 N–H and O–H groups in total. The average Bonchev–Trinajstić information content (AvgIpc) is 3.26. The number of fused-ring (bicyclic) bond motifs is 1. The molecule has 2 heterocycles. The molecule has 0 aliphatic carbocycles. The molecular weight excluding hydrogens is 376 g/mol. The van der Waals surface area contributed by atoms with Crippen LogP contribution in [0.5, 0.6) is 5.75 Å². The van der Waals surface area contributed by atoms with Crippen molar-refractivity contribution in [2.45, 2.75) is 32.2 Å². The smallest absolute Gasteiger partial charge is 0.123 e. The third-order valence-corrected chi connectivity index (χ3v) is 5.52. The predicted octanol–water partition coefficient (Wildman–Crippen LogP) is 2.84. The zero-order valence-electron chi connectivity index (χ0n) is 17.5. The first kappa shape index (κ1) is 20.6. The Bertz CT molecular complexity index is 928. The maximum absolute atomic E-state index is 10.6. The minimum Gasteiger partial charge on any atom is -0.491 e. The lowest BCUT2D eigenvalue weighted by atomic mass is 10.00. The highest BCUT2D eigenvalue weighted by molar-refractivity contribution is 5.33. The van der Waals surface area contributed by atoms with Crippen LogP contribution in [0.1, 0.15) is 22.4 Å². The topological polar surface area (TPSA) is 64.6 Å². The van der Waals surface area contributed by atoms with Crippen LogP contribution in [0.2, 0.25) is 0 Å². The van der Waals surface area contributed by atoms with Gasteiger partial charge in [0.15, 0.2) is 0 Å². The number of benzene rings is 2. The Balaban J connectivity index is 1.28.